The second kappa shape index (κ2) is 6.21. The van der Waals surface area contributed by atoms with Gasteiger partial charge in [-0.1, -0.05) is 0 Å². The third-order valence-corrected chi connectivity index (χ3v) is 2.97. The van der Waals surface area contributed by atoms with Gasteiger partial charge in [0.1, 0.15) is 0 Å². The van der Waals surface area contributed by atoms with Crippen LogP contribution < -0.4 is 10.6 Å². The van der Waals surface area contributed by atoms with Crippen molar-refractivity contribution in [2.24, 2.45) is 0 Å². The van der Waals surface area contributed by atoms with E-state index in [2.05, 4.69) is 29.4 Å². The van der Waals surface area contributed by atoms with E-state index in [-0.39, 0.29) is 11.9 Å². The zero-order valence-corrected chi connectivity index (χ0v) is 10.9. The van der Waals surface area contributed by atoms with Crippen LogP contribution >= 0.6 is 0 Å². The van der Waals surface area contributed by atoms with Crippen molar-refractivity contribution < 1.29 is 4.79 Å². The van der Waals surface area contributed by atoms with E-state index in [1.165, 1.54) is 0 Å². The monoisotopic (exact) mass is 227 g/mol. The van der Waals surface area contributed by atoms with E-state index in [0.29, 0.717) is 18.5 Å². The van der Waals surface area contributed by atoms with E-state index in [0.717, 1.165) is 19.6 Å². The van der Waals surface area contributed by atoms with E-state index in [4.69, 9.17) is 0 Å². The van der Waals surface area contributed by atoms with Crippen LogP contribution in [-0.4, -0.2) is 48.6 Å². The van der Waals surface area contributed by atoms with Gasteiger partial charge in [-0.3, -0.25) is 9.69 Å². The highest BCUT2D eigenvalue weighted by atomic mass is 16.1. The molecule has 1 rings (SSSR count). The molecular formula is C12H25N3O. The lowest BCUT2D eigenvalue weighted by Gasteiger charge is -2.37. The first-order chi connectivity index (χ1) is 7.49. The molecular weight excluding hydrogens is 202 g/mol. The van der Waals surface area contributed by atoms with Crippen molar-refractivity contribution in [2.45, 2.75) is 52.2 Å². The van der Waals surface area contributed by atoms with Crippen molar-refractivity contribution in [3.05, 3.63) is 0 Å². The van der Waals surface area contributed by atoms with Gasteiger partial charge in [-0.05, 0) is 27.7 Å². The van der Waals surface area contributed by atoms with Crippen LogP contribution in [0.5, 0.6) is 0 Å². The molecule has 1 heterocycles. The lowest BCUT2D eigenvalue weighted by molar-refractivity contribution is -0.122. The van der Waals surface area contributed by atoms with Crippen LogP contribution in [0.3, 0.4) is 0 Å². The fraction of sp³-hybridized carbons (Fsp3) is 0.917. The van der Waals surface area contributed by atoms with Crippen molar-refractivity contribution in [1.29, 1.82) is 0 Å². The van der Waals surface area contributed by atoms with Crippen molar-refractivity contribution in [3.63, 3.8) is 0 Å². The Labute approximate surface area is 98.8 Å². The maximum atomic E-state index is 11.5. The number of nitrogens with one attached hydrogen (secondary N) is 2. The molecule has 94 valence electrons. The van der Waals surface area contributed by atoms with Crippen molar-refractivity contribution >= 4 is 5.91 Å². The van der Waals surface area contributed by atoms with Crippen LogP contribution in [0, 0.1) is 0 Å². The number of carbonyl (C=O) groups excluding carboxylic acids is 1. The van der Waals surface area contributed by atoms with E-state index in [9.17, 15) is 4.79 Å². The molecule has 1 saturated heterocycles. The third kappa shape index (κ3) is 4.49. The van der Waals surface area contributed by atoms with E-state index in [1.54, 1.807) is 0 Å². The molecule has 1 amide bonds. The number of rotatable bonds is 4. The van der Waals surface area contributed by atoms with Gasteiger partial charge >= 0.3 is 0 Å². The largest absolute Gasteiger partial charge is 0.354 e. The maximum absolute atomic E-state index is 11.5. The van der Waals surface area contributed by atoms with Crippen molar-refractivity contribution in [3.8, 4) is 0 Å². The standard InChI is InChI=1S/C12H25N3O/c1-9(2)14-12(16)5-6-15-8-10(3)13-7-11(15)4/h9-11,13H,5-8H2,1-4H3,(H,14,16). The van der Waals surface area contributed by atoms with Crippen molar-refractivity contribution in [1.82, 2.24) is 15.5 Å². The van der Waals surface area contributed by atoms with E-state index >= 15 is 0 Å². The molecule has 0 aromatic rings. The minimum Gasteiger partial charge on any atom is -0.354 e. The summed E-state index contributed by atoms with van der Waals surface area (Å²) in [4.78, 5) is 13.9. The Hall–Kier alpha value is -0.610. The van der Waals surface area contributed by atoms with Gasteiger partial charge in [0, 0.05) is 44.2 Å². The molecule has 0 spiro atoms. The molecule has 16 heavy (non-hydrogen) atoms. The normalized spacial score (nSPS) is 27.1. The smallest absolute Gasteiger partial charge is 0.221 e. The Morgan fingerprint density at radius 1 is 1.50 bits per heavy atom. The molecule has 1 fully saturated rings. The van der Waals surface area contributed by atoms with Gasteiger partial charge in [0.2, 0.25) is 5.91 Å². The Morgan fingerprint density at radius 3 is 2.81 bits per heavy atom. The van der Waals surface area contributed by atoms with Crippen molar-refractivity contribution in [2.75, 3.05) is 19.6 Å². The summed E-state index contributed by atoms with van der Waals surface area (Å²) >= 11 is 0. The number of hydrogen-bond acceptors (Lipinski definition) is 3. The highest BCUT2D eigenvalue weighted by molar-refractivity contribution is 5.76. The van der Waals surface area contributed by atoms with Gasteiger partial charge in [0.25, 0.3) is 0 Å². The third-order valence-electron chi connectivity index (χ3n) is 2.97. The van der Waals surface area contributed by atoms with Crippen LogP contribution in [-0.2, 0) is 4.79 Å². The SMILES string of the molecule is CC(C)NC(=O)CCN1CC(C)NCC1C. The summed E-state index contributed by atoms with van der Waals surface area (Å²) in [6.45, 7) is 11.3. The topological polar surface area (TPSA) is 44.4 Å². The second-order valence-electron chi connectivity index (χ2n) is 5.13. The number of hydrogen-bond donors (Lipinski definition) is 2. The molecule has 2 N–H and O–H groups in total. The minimum absolute atomic E-state index is 0.161. The summed E-state index contributed by atoms with van der Waals surface area (Å²) < 4.78 is 0. The molecule has 4 heteroatoms. The number of amides is 1. The number of nitrogens with zero attached hydrogens (tertiary/aromatic N) is 1. The van der Waals surface area contributed by atoms with Crippen LogP contribution in [0.2, 0.25) is 0 Å². The first-order valence-electron chi connectivity index (χ1n) is 6.26. The molecule has 4 nitrogen and oxygen atoms in total. The van der Waals surface area contributed by atoms with Crippen LogP contribution in [0.25, 0.3) is 0 Å². The summed E-state index contributed by atoms with van der Waals surface area (Å²) in [5, 5.41) is 6.37. The highest BCUT2D eigenvalue weighted by Gasteiger charge is 2.22. The lowest BCUT2D eigenvalue weighted by Crippen LogP contribution is -2.54. The molecule has 0 aromatic carbocycles. The predicted molar refractivity (Wildman–Crippen MR) is 66.4 cm³/mol. The van der Waals surface area contributed by atoms with Crippen LogP contribution in [0.15, 0.2) is 0 Å². The van der Waals surface area contributed by atoms with Gasteiger partial charge in [-0.2, -0.15) is 0 Å². The summed E-state index contributed by atoms with van der Waals surface area (Å²) in [7, 11) is 0. The fourth-order valence-electron chi connectivity index (χ4n) is 2.05. The predicted octanol–water partition coefficient (Wildman–Crippen LogP) is 0.583. The summed E-state index contributed by atoms with van der Waals surface area (Å²) in [5.74, 6) is 0.161. The molecule has 2 atom stereocenters. The Kier molecular flexibility index (Phi) is 5.22. The average Bonchev–Trinajstić information content (AvgIpc) is 2.18. The van der Waals surface area contributed by atoms with E-state index in [1.807, 2.05) is 13.8 Å². The molecule has 0 aliphatic carbocycles. The van der Waals surface area contributed by atoms with Crippen LogP contribution in [0.4, 0.5) is 0 Å². The van der Waals surface area contributed by atoms with E-state index < -0.39 is 0 Å². The maximum Gasteiger partial charge on any atom is 0.221 e. The summed E-state index contributed by atoms with van der Waals surface area (Å²) in [6, 6.07) is 1.30. The highest BCUT2D eigenvalue weighted by Crippen LogP contribution is 2.06. The molecule has 0 saturated carbocycles. The van der Waals surface area contributed by atoms with Gasteiger partial charge in [0.15, 0.2) is 0 Å². The fourth-order valence-corrected chi connectivity index (χ4v) is 2.05. The second-order valence-corrected chi connectivity index (χ2v) is 5.13. The number of carbonyl (C=O) groups is 1. The van der Waals surface area contributed by atoms with Gasteiger partial charge < -0.3 is 10.6 Å². The quantitative estimate of drug-likeness (QED) is 0.738. The zero-order chi connectivity index (χ0) is 12.1. The first-order valence-corrected chi connectivity index (χ1v) is 6.26. The first kappa shape index (κ1) is 13.5. The molecule has 0 radical (unpaired) electrons. The Morgan fingerprint density at radius 2 is 2.19 bits per heavy atom. The molecule has 1 aliphatic heterocycles. The lowest BCUT2D eigenvalue weighted by atomic mass is 10.1. The summed E-state index contributed by atoms with van der Waals surface area (Å²) in [6.07, 6.45) is 0.606. The zero-order valence-electron chi connectivity index (χ0n) is 10.9. The molecule has 2 unspecified atom stereocenters. The van der Waals surface area contributed by atoms with Gasteiger partial charge in [-0.15, -0.1) is 0 Å². The number of piperazine rings is 1. The molecule has 0 aromatic heterocycles. The van der Waals surface area contributed by atoms with Gasteiger partial charge in [0.05, 0.1) is 0 Å². The average molecular weight is 227 g/mol. The Bertz CT molecular complexity index is 230. The minimum atomic E-state index is 0.161. The Balaban J connectivity index is 2.27. The molecule has 0 bridgehead atoms. The van der Waals surface area contributed by atoms with Gasteiger partial charge in [-0.25, -0.2) is 0 Å². The summed E-state index contributed by atoms with van der Waals surface area (Å²) in [5.41, 5.74) is 0. The van der Waals surface area contributed by atoms with Crippen LogP contribution in [0.1, 0.15) is 34.1 Å². The molecule has 1 aliphatic rings.